The molecule has 30 heavy (non-hydrogen) atoms. The number of aryl methyl sites for hydroxylation is 1. The van der Waals surface area contributed by atoms with Gasteiger partial charge in [-0.15, -0.1) is 6.58 Å². The molecule has 0 aromatic heterocycles. The Hall–Kier alpha value is -2.96. The van der Waals surface area contributed by atoms with E-state index in [0.717, 1.165) is 44.5 Å². The van der Waals surface area contributed by atoms with Crippen LogP contribution < -0.4 is 5.73 Å². The van der Waals surface area contributed by atoms with Crippen LogP contribution in [0.1, 0.15) is 22.3 Å². The van der Waals surface area contributed by atoms with Crippen molar-refractivity contribution in [2.75, 3.05) is 32.7 Å². The molecule has 1 aliphatic heterocycles. The van der Waals surface area contributed by atoms with Gasteiger partial charge in [-0.25, -0.2) is 0 Å². The molecule has 0 spiro atoms. The smallest absolute Gasteiger partial charge is 0.231 e. The molecule has 0 unspecified atom stereocenters. The Morgan fingerprint density at radius 3 is 2.33 bits per heavy atom. The van der Waals surface area contributed by atoms with E-state index in [1.54, 1.807) is 12.1 Å². The minimum atomic E-state index is -0.234. The molecule has 1 fully saturated rings. The fourth-order valence-corrected chi connectivity index (χ4v) is 3.33. The summed E-state index contributed by atoms with van der Waals surface area (Å²) in [7, 11) is 0. The second-order valence-electron chi connectivity index (χ2n) is 7.50. The van der Waals surface area contributed by atoms with Gasteiger partial charge in [0.2, 0.25) is 5.91 Å². The zero-order valence-electron chi connectivity index (χ0n) is 17.7. The summed E-state index contributed by atoms with van der Waals surface area (Å²) in [6.07, 6.45) is 3.50. The first-order chi connectivity index (χ1) is 14.4. The number of nitrogens with one attached hydrogen (secondary N) is 1. The number of nitrogens with zero attached hydrogens (tertiary/aromatic N) is 2. The van der Waals surface area contributed by atoms with Crippen LogP contribution in [-0.4, -0.2) is 59.8 Å². The molecule has 6 heteroatoms. The molecule has 160 valence electrons. The minimum Gasteiger partial charge on any atom is -0.507 e. The zero-order chi connectivity index (χ0) is 21.9. The van der Waals surface area contributed by atoms with Gasteiger partial charge in [-0.05, 0) is 30.5 Å². The molecular formula is C24H32N4O2. The summed E-state index contributed by atoms with van der Waals surface area (Å²) in [5.41, 5.74) is 9.21. The van der Waals surface area contributed by atoms with E-state index in [1.165, 1.54) is 11.1 Å². The van der Waals surface area contributed by atoms with Crippen molar-refractivity contribution in [2.45, 2.75) is 19.9 Å². The fourth-order valence-electron chi connectivity index (χ4n) is 3.33. The van der Waals surface area contributed by atoms with Gasteiger partial charge in [0, 0.05) is 44.5 Å². The molecule has 1 aliphatic rings. The van der Waals surface area contributed by atoms with Crippen molar-refractivity contribution in [1.29, 1.82) is 5.41 Å². The Labute approximate surface area is 179 Å². The number of rotatable bonds is 7. The molecule has 0 aliphatic carbocycles. The van der Waals surface area contributed by atoms with Crippen molar-refractivity contribution in [3.8, 4) is 5.75 Å². The van der Waals surface area contributed by atoms with E-state index in [4.69, 9.17) is 11.1 Å². The van der Waals surface area contributed by atoms with Crippen molar-refractivity contribution in [3.05, 3.63) is 77.4 Å². The highest BCUT2D eigenvalue weighted by Crippen LogP contribution is 2.21. The summed E-state index contributed by atoms with van der Waals surface area (Å²) < 4.78 is 0. The van der Waals surface area contributed by atoms with Gasteiger partial charge in [-0.1, -0.05) is 48.0 Å². The third-order valence-corrected chi connectivity index (χ3v) is 5.04. The van der Waals surface area contributed by atoms with Crippen LogP contribution in [0.5, 0.6) is 5.75 Å². The van der Waals surface area contributed by atoms with E-state index < -0.39 is 0 Å². The normalized spacial score (nSPS) is 14.4. The number of hydrogen-bond acceptors (Lipinski definition) is 5. The van der Waals surface area contributed by atoms with Crippen molar-refractivity contribution in [2.24, 2.45) is 5.73 Å². The largest absolute Gasteiger partial charge is 0.507 e. The Kier molecular flexibility index (Phi) is 9.25. The third kappa shape index (κ3) is 7.46. The van der Waals surface area contributed by atoms with Gasteiger partial charge >= 0.3 is 0 Å². The summed E-state index contributed by atoms with van der Waals surface area (Å²) in [4.78, 5) is 15.4. The average Bonchev–Trinajstić information content (AvgIpc) is 2.73. The summed E-state index contributed by atoms with van der Waals surface area (Å²) in [5.74, 6) is -0.0469. The van der Waals surface area contributed by atoms with Crippen molar-refractivity contribution < 1.29 is 9.90 Å². The predicted molar refractivity (Wildman–Crippen MR) is 122 cm³/mol. The SMILES string of the molecule is C=CCc1cccc(C=N)c1O.Cc1ccc(CN2CCN(CC(N)=O)CC2)cc1. The number of benzene rings is 2. The van der Waals surface area contributed by atoms with E-state index >= 15 is 0 Å². The van der Waals surface area contributed by atoms with Crippen LogP contribution >= 0.6 is 0 Å². The Morgan fingerprint density at radius 1 is 1.13 bits per heavy atom. The lowest BCUT2D eigenvalue weighted by molar-refractivity contribution is -0.119. The molecule has 1 saturated heterocycles. The molecule has 0 radical (unpaired) electrons. The molecule has 2 aromatic carbocycles. The maximum absolute atomic E-state index is 10.8. The standard InChI is InChI=1S/C14H21N3O.C10H11NO/c1-12-2-4-13(5-3-12)10-16-6-8-17(9-7-16)11-14(15)18;1-2-4-8-5-3-6-9(7-11)10(8)12/h2-5H,6-11H2,1H3,(H2,15,18);2-3,5-7,11-12H,1,4H2. The van der Waals surface area contributed by atoms with Gasteiger partial charge in [-0.3, -0.25) is 14.6 Å². The maximum atomic E-state index is 10.8. The van der Waals surface area contributed by atoms with E-state index in [0.29, 0.717) is 18.5 Å². The molecule has 1 heterocycles. The molecule has 0 bridgehead atoms. The van der Waals surface area contributed by atoms with E-state index in [9.17, 15) is 9.90 Å². The van der Waals surface area contributed by atoms with Crippen molar-refractivity contribution in [3.63, 3.8) is 0 Å². The van der Waals surface area contributed by atoms with Gasteiger partial charge < -0.3 is 16.2 Å². The molecule has 1 amide bonds. The maximum Gasteiger partial charge on any atom is 0.231 e. The first-order valence-electron chi connectivity index (χ1n) is 10.1. The number of carbonyl (C=O) groups excluding carboxylic acids is 1. The molecule has 0 saturated carbocycles. The Balaban J connectivity index is 0.000000232. The van der Waals surface area contributed by atoms with Gasteiger partial charge in [0.25, 0.3) is 0 Å². The van der Waals surface area contributed by atoms with Gasteiger partial charge in [0.15, 0.2) is 0 Å². The predicted octanol–water partition coefficient (Wildman–Crippen LogP) is 2.72. The van der Waals surface area contributed by atoms with Crippen LogP contribution in [0.4, 0.5) is 0 Å². The molecule has 0 atom stereocenters. The highest BCUT2D eigenvalue weighted by molar-refractivity contribution is 5.81. The number of nitrogens with two attached hydrogens (primary N) is 1. The lowest BCUT2D eigenvalue weighted by Gasteiger charge is -2.34. The van der Waals surface area contributed by atoms with Gasteiger partial charge in [0.1, 0.15) is 5.75 Å². The summed E-state index contributed by atoms with van der Waals surface area (Å²) in [6.45, 7) is 10.9. The number of aromatic hydroxyl groups is 1. The number of hydrogen-bond donors (Lipinski definition) is 3. The molecule has 2 aromatic rings. The monoisotopic (exact) mass is 408 g/mol. The van der Waals surface area contributed by atoms with E-state index in [-0.39, 0.29) is 11.7 Å². The highest BCUT2D eigenvalue weighted by Gasteiger charge is 2.17. The van der Waals surface area contributed by atoms with Crippen LogP contribution in [0.15, 0.2) is 55.1 Å². The van der Waals surface area contributed by atoms with E-state index in [2.05, 4.69) is 47.6 Å². The Bertz CT molecular complexity index is 841. The average molecular weight is 409 g/mol. The number of para-hydroxylation sites is 1. The number of piperazine rings is 1. The van der Waals surface area contributed by atoms with Crippen LogP contribution in [0.25, 0.3) is 0 Å². The lowest BCUT2D eigenvalue weighted by atomic mass is 10.1. The van der Waals surface area contributed by atoms with Crippen LogP contribution in [0.2, 0.25) is 0 Å². The highest BCUT2D eigenvalue weighted by atomic mass is 16.3. The minimum absolute atomic E-state index is 0.187. The Morgan fingerprint density at radius 2 is 1.77 bits per heavy atom. The molecule has 4 N–H and O–H groups in total. The molecule has 3 rings (SSSR count). The third-order valence-electron chi connectivity index (χ3n) is 5.04. The van der Waals surface area contributed by atoms with Crippen LogP contribution in [-0.2, 0) is 17.8 Å². The zero-order valence-corrected chi connectivity index (χ0v) is 17.7. The van der Waals surface area contributed by atoms with Gasteiger partial charge in [-0.2, -0.15) is 0 Å². The summed E-state index contributed by atoms with van der Waals surface area (Å²) in [5, 5.41) is 16.5. The number of phenolic OH excluding ortho intramolecular Hbond substituents is 1. The first-order valence-corrected chi connectivity index (χ1v) is 10.1. The second kappa shape index (κ2) is 11.9. The number of phenols is 1. The van der Waals surface area contributed by atoms with Crippen molar-refractivity contribution in [1.82, 2.24) is 9.80 Å². The summed E-state index contributed by atoms with van der Waals surface area (Å²) in [6, 6.07) is 14.0. The van der Waals surface area contributed by atoms with Gasteiger partial charge in [0.05, 0.1) is 6.54 Å². The quantitative estimate of drug-likeness (QED) is 0.485. The van der Waals surface area contributed by atoms with Crippen LogP contribution in [0, 0.1) is 12.3 Å². The number of carbonyl (C=O) groups is 1. The number of allylic oxidation sites excluding steroid dienone is 1. The van der Waals surface area contributed by atoms with Crippen molar-refractivity contribution >= 4 is 12.1 Å². The topological polar surface area (TPSA) is 93.7 Å². The van der Waals surface area contributed by atoms with E-state index in [1.807, 2.05) is 12.1 Å². The summed E-state index contributed by atoms with van der Waals surface area (Å²) >= 11 is 0. The first kappa shape index (κ1) is 23.3. The molecular weight excluding hydrogens is 376 g/mol. The number of primary amides is 1. The lowest BCUT2D eigenvalue weighted by Crippen LogP contribution is -2.48. The fraction of sp³-hybridized carbons (Fsp3) is 0.333. The molecule has 6 nitrogen and oxygen atoms in total. The number of amides is 1. The second-order valence-corrected chi connectivity index (χ2v) is 7.50. The van der Waals surface area contributed by atoms with Crippen LogP contribution in [0.3, 0.4) is 0 Å².